The number of ether oxygens (including phenoxy) is 2. The zero-order valence-electron chi connectivity index (χ0n) is 12.1. The minimum Gasteiger partial charge on any atom is -0.472 e. The van der Waals surface area contributed by atoms with Gasteiger partial charge in [0.15, 0.2) is 12.1 Å². The van der Waals surface area contributed by atoms with E-state index < -0.39 is 6.29 Å². The number of rotatable bonds is 6. The lowest BCUT2D eigenvalue weighted by Gasteiger charge is -2.30. The van der Waals surface area contributed by atoms with Crippen LogP contribution in [0.25, 0.3) is 0 Å². The highest BCUT2D eigenvalue weighted by atomic mass is 16.6. The first kappa shape index (κ1) is 14.7. The van der Waals surface area contributed by atoms with Crippen molar-refractivity contribution in [3.05, 3.63) is 12.1 Å². The summed E-state index contributed by atoms with van der Waals surface area (Å²) in [5.41, 5.74) is 0.836. The Hall–Kier alpha value is -1.66. The molecule has 0 saturated heterocycles. The highest BCUT2D eigenvalue weighted by molar-refractivity contribution is 5.82. The highest BCUT2D eigenvalue weighted by Crippen LogP contribution is 2.32. The molecule has 1 aliphatic rings. The fourth-order valence-corrected chi connectivity index (χ4v) is 2.11. The minimum atomic E-state index is -0.933. The van der Waals surface area contributed by atoms with E-state index in [9.17, 15) is 5.11 Å². The molecule has 0 spiro atoms. The monoisotopic (exact) mass is 279 g/mol. The molecule has 2 unspecified atom stereocenters. The number of aliphatic hydroxyl groups is 1. The third-order valence-corrected chi connectivity index (χ3v) is 3.10. The van der Waals surface area contributed by atoms with Gasteiger partial charge in [-0.3, -0.25) is 4.99 Å². The Bertz CT molecular complexity index is 479. The molecule has 6 heteroatoms. The molecule has 1 aromatic heterocycles. The summed E-state index contributed by atoms with van der Waals surface area (Å²) >= 11 is 0. The number of hydrogen-bond acceptors (Lipinski definition) is 6. The average molecular weight is 279 g/mol. The van der Waals surface area contributed by atoms with Crippen LogP contribution in [0, 0.1) is 0 Å². The molecule has 0 amide bonds. The Kier molecular flexibility index (Phi) is 4.92. The third-order valence-electron chi connectivity index (χ3n) is 3.10. The highest BCUT2D eigenvalue weighted by Gasteiger charge is 2.21. The van der Waals surface area contributed by atoms with Gasteiger partial charge in [0, 0.05) is 25.4 Å². The number of pyridine rings is 1. The predicted molar refractivity (Wildman–Crippen MR) is 78.0 cm³/mol. The number of anilines is 1. The fourth-order valence-electron chi connectivity index (χ4n) is 2.11. The largest absolute Gasteiger partial charge is 0.472 e. The molecular formula is C14H21N3O3. The van der Waals surface area contributed by atoms with Crippen molar-refractivity contribution in [2.24, 2.45) is 4.99 Å². The first-order chi connectivity index (χ1) is 9.65. The van der Waals surface area contributed by atoms with Gasteiger partial charge in [0.2, 0.25) is 5.88 Å². The maximum atomic E-state index is 9.48. The molecule has 0 radical (unpaired) electrons. The van der Waals surface area contributed by atoms with Crippen molar-refractivity contribution in [1.82, 2.24) is 4.98 Å². The van der Waals surface area contributed by atoms with E-state index in [0.717, 1.165) is 18.1 Å². The average Bonchev–Trinajstić information content (AvgIpc) is 2.45. The topological polar surface area (TPSA) is 67.2 Å². The van der Waals surface area contributed by atoms with E-state index in [0.29, 0.717) is 12.5 Å². The summed E-state index contributed by atoms with van der Waals surface area (Å²) < 4.78 is 10.5. The van der Waals surface area contributed by atoms with E-state index in [1.165, 1.54) is 0 Å². The zero-order chi connectivity index (χ0) is 14.5. The van der Waals surface area contributed by atoms with Gasteiger partial charge in [0.1, 0.15) is 12.3 Å². The molecule has 2 atom stereocenters. The normalized spacial score (nSPS) is 18.8. The van der Waals surface area contributed by atoms with Crippen LogP contribution in [-0.2, 0) is 4.74 Å². The Balaban J connectivity index is 2.10. The van der Waals surface area contributed by atoms with E-state index in [-0.39, 0.29) is 12.6 Å². The number of nitrogens with zero attached hydrogens (tertiary/aromatic N) is 3. The van der Waals surface area contributed by atoms with Gasteiger partial charge in [-0.1, -0.05) is 0 Å². The van der Waals surface area contributed by atoms with E-state index in [2.05, 4.69) is 28.7 Å². The van der Waals surface area contributed by atoms with Crippen molar-refractivity contribution in [2.45, 2.75) is 33.1 Å². The smallest absolute Gasteiger partial charge is 0.215 e. The molecule has 110 valence electrons. The maximum Gasteiger partial charge on any atom is 0.215 e. The third kappa shape index (κ3) is 3.26. The Labute approximate surface area is 119 Å². The molecule has 0 saturated carbocycles. The van der Waals surface area contributed by atoms with Crippen molar-refractivity contribution in [2.75, 3.05) is 24.7 Å². The number of hydrogen-bond donors (Lipinski definition) is 1. The number of aliphatic hydroxyl groups excluding tert-OH is 1. The van der Waals surface area contributed by atoms with Crippen LogP contribution in [0.1, 0.15) is 20.8 Å². The van der Waals surface area contributed by atoms with E-state index in [1.807, 2.05) is 19.2 Å². The van der Waals surface area contributed by atoms with Gasteiger partial charge in [0.25, 0.3) is 0 Å². The molecule has 0 fully saturated rings. The second kappa shape index (κ2) is 6.67. The van der Waals surface area contributed by atoms with Crippen LogP contribution >= 0.6 is 0 Å². The van der Waals surface area contributed by atoms with Crippen LogP contribution in [0.2, 0.25) is 0 Å². The molecule has 1 aliphatic heterocycles. The van der Waals surface area contributed by atoms with E-state index >= 15 is 0 Å². The molecule has 0 bridgehead atoms. The molecule has 0 aromatic carbocycles. The predicted octanol–water partition coefficient (Wildman–Crippen LogP) is 1.75. The first-order valence-electron chi connectivity index (χ1n) is 6.90. The van der Waals surface area contributed by atoms with Crippen molar-refractivity contribution < 1.29 is 14.6 Å². The second-order valence-corrected chi connectivity index (χ2v) is 4.52. The number of fused-ring (bicyclic) bond motifs is 1. The van der Waals surface area contributed by atoms with Crippen LogP contribution in [0.15, 0.2) is 17.1 Å². The summed E-state index contributed by atoms with van der Waals surface area (Å²) in [7, 11) is 0. The van der Waals surface area contributed by atoms with E-state index in [4.69, 9.17) is 9.47 Å². The Morgan fingerprint density at radius 2 is 2.20 bits per heavy atom. The van der Waals surface area contributed by atoms with Gasteiger partial charge < -0.3 is 19.5 Å². The summed E-state index contributed by atoms with van der Waals surface area (Å²) in [5, 5.41) is 9.48. The fraction of sp³-hybridized carbons (Fsp3) is 0.571. The molecule has 6 nitrogen and oxygen atoms in total. The molecule has 1 aromatic rings. The molecule has 2 heterocycles. The molecule has 0 aliphatic carbocycles. The lowest BCUT2D eigenvalue weighted by molar-refractivity contribution is -0.115. The van der Waals surface area contributed by atoms with Crippen LogP contribution < -0.4 is 9.64 Å². The summed E-state index contributed by atoms with van der Waals surface area (Å²) in [6.45, 7) is 7.32. The van der Waals surface area contributed by atoms with Crippen molar-refractivity contribution in [3.8, 4) is 5.88 Å². The lowest BCUT2D eigenvalue weighted by Crippen LogP contribution is -2.36. The van der Waals surface area contributed by atoms with Crippen molar-refractivity contribution in [3.63, 3.8) is 0 Å². The quantitative estimate of drug-likeness (QED) is 0.803. The van der Waals surface area contributed by atoms with Crippen LogP contribution in [0.4, 0.5) is 11.5 Å². The van der Waals surface area contributed by atoms with Gasteiger partial charge in [-0.05, 0) is 26.8 Å². The van der Waals surface area contributed by atoms with Gasteiger partial charge in [-0.15, -0.1) is 0 Å². The van der Waals surface area contributed by atoms with Crippen molar-refractivity contribution >= 4 is 17.7 Å². The first-order valence-corrected chi connectivity index (χ1v) is 6.90. The van der Waals surface area contributed by atoms with Gasteiger partial charge in [-0.2, -0.15) is 4.98 Å². The molecule has 1 N–H and O–H groups in total. The van der Waals surface area contributed by atoms with Crippen LogP contribution in [-0.4, -0.2) is 48.4 Å². The molecular weight excluding hydrogens is 258 g/mol. The summed E-state index contributed by atoms with van der Waals surface area (Å²) in [4.78, 5) is 11.0. The second-order valence-electron chi connectivity index (χ2n) is 4.52. The van der Waals surface area contributed by atoms with Crippen molar-refractivity contribution in [1.29, 1.82) is 0 Å². The minimum absolute atomic E-state index is 0.0601. The lowest BCUT2D eigenvalue weighted by atomic mass is 10.2. The van der Waals surface area contributed by atoms with E-state index in [1.54, 1.807) is 6.07 Å². The van der Waals surface area contributed by atoms with Crippen LogP contribution in [0.5, 0.6) is 5.88 Å². The summed E-state index contributed by atoms with van der Waals surface area (Å²) in [5.74, 6) is 1.27. The Morgan fingerprint density at radius 1 is 1.40 bits per heavy atom. The van der Waals surface area contributed by atoms with Gasteiger partial charge >= 0.3 is 0 Å². The zero-order valence-corrected chi connectivity index (χ0v) is 12.1. The van der Waals surface area contributed by atoms with Gasteiger partial charge in [0.05, 0.1) is 6.04 Å². The maximum absolute atomic E-state index is 9.48. The van der Waals surface area contributed by atoms with Gasteiger partial charge in [-0.25, -0.2) is 0 Å². The standard InChI is InChI=1S/C14H21N3O3/c1-4-17-10(3)8-15-11-6-7-12(16-14(11)17)20-9-13(18)19-5-2/h6-8,10,13,18H,4-5,9H2,1-3H3. The SMILES string of the molecule is CCOC(O)COc1ccc2c(n1)N(CC)C(C)C=N2. The number of aromatic nitrogens is 1. The summed E-state index contributed by atoms with van der Waals surface area (Å²) in [6, 6.07) is 3.83. The molecule has 20 heavy (non-hydrogen) atoms. The summed E-state index contributed by atoms with van der Waals surface area (Å²) in [6.07, 6.45) is 0.976. The Morgan fingerprint density at radius 3 is 2.90 bits per heavy atom. The number of aliphatic imine (C=N–C) groups is 1. The molecule has 2 rings (SSSR count). The van der Waals surface area contributed by atoms with Crippen LogP contribution in [0.3, 0.4) is 0 Å².